The second-order valence-corrected chi connectivity index (χ2v) is 6.22. The molecule has 0 radical (unpaired) electrons. The molecule has 0 aliphatic heterocycles. The first-order valence-electron chi connectivity index (χ1n) is 7.41. The summed E-state index contributed by atoms with van der Waals surface area (Å²) < 4.78 is 1.14. The number of aromatic nitrogens is 2. The summed E-state index contributed by atoms with van der Waals surface area (Å²) in [4.78, 5) is 19.6. The molecule has 116 valence electrons. The largest absolute Gasteiger partial charge is 0.481 e. The van der Waals surface area contributed by atoms with Crippen LogP contribution in [0, 0.1) is 0 Å². The lowest BCUT2D eigenvalue weighted by Gasteiger charge is -2.04. The molecule has 0 saturated carbocycles. The van der Waals surface area contributed by atoms with Gasteiger partial charge in [0.15, 0.2) is 0 Å². The molecule has 3 rings (SSSR count). The molecule has 1 aromatic carbocycles. The van der Waals surface area contributed by atoms with Crippen molar-refractivity contribution in [1.82, 2.24) is 9.97 Å². The van der Waals surface area contributed by atoms with Gasteiger partial charge in [0.05, 0.1) is 10.2 Å². The molecular weight excluding hydrogens is 308 g/mol. The molecule has 23 heavy (non-hydrogen) atoms. The van der Waals surface area contributed by atoms with Gasteiger partial charge in [0.1, 0.15) is 5.01 Å². The molecule has 0 aliphatic rings. The zero-order valence-corrected chi connectivity index (χ0v) is 13.3. The highest BCUT2D eigenvalue weighted by Gasteiger charge is 2.10. The molecule has 4 nitrogen and oxygen atoms in total. The second kappa shape index (κ2) is 7.15. The van der Waals surface area contributed by atoms with Crippen LogP contribution in [0.2, 0.25) is 0 Å². The van der Waals surface area contributed by atoms with Crippen molar-refractivity contribution in [2.75, 3.05) is 0 Å². The van der Waals surface area contributed by atoms with Crippen LogP contribution >= 0.6 is 11.3 Å². The standard InChI is InChI=1S/C18H16N2O2S/c21-17(22)9-3-6-14(11-13-5-4-10-19-12-13)18-20-15-7-1-2-8-16(15)23-18/h1-2,4-5,7-8,10-12H,3,6,9H2,(H,21,22)/b14-11-. The van der Waals surface area contributed by atoms with Crippen LogP contribution in [0.4, 0.5) is 0 Å². The number of thiazole rings is 1. The van der Waals surface area contributed by atoms with Gasteiger partial charge in [-0.2, -0.15) is 0 Å². The Morgan fingerprint density at radius 2 is 2.04 bits per heavy atom. The molecule has 0 fully saturated rings. The molecule has 3 aromatic rings. The van der Waals surface area contributed by atoms with Crippen molar-refractivity contribution in [2.45, 2.75) is 19.3 Å². The van der Waals surface area contributed by atoms with Crippen LogP contribution in [0.1, 0.15) is 29.8 Å². The van der Waals surface area contributed by atoms with Crippen molar-refractivity contribution in [1.29, 1.82) is 0 Å². The monoisotopic (exact) mass is 324 g/mol. The Bertz CT molecular complexity index is 807. The minimum Gasteiger partial charge on any atom is -0.481 e. The van der Waals surface area contributed by atoms with E-state index < -0.39 is 5.97 Å². The highest BCUT2D eigenvalue weighted by Crippen LogP contribution is 2.31. The van der Waals surface area contributed by atoms with Gasteiger partial charge in [0.25, 0.3) is 0 Å². The average Bonchev–Trinajstić information content (AvgIpc) is 2.98. The zero-order valence-electron chi connectivity index (χ0n) is 12.5. The summed E-state index contributed by atoms with van der Waals surface area (Å²) in [6, 6.07) is 11.9. The van der Waals surface area contributed by atoms with Crippen molar-refractivity contribution in [2.24, 2.45) is 0 Å². The lowest BCUT2D eigenvalue weighted by atomic mass is 10.1. The van der Waals surface area contributed by atoms with Crippen LogP contribution in [0.15, 0.2) is 48.8 Å². The van der Waals surface area contributed by atoms with Gasteiger partial charge in [0.2, 0.25) is 0 Å². The van der Waals surface area contributed by atoms with Crippen molar-refractivity contribution >= 4 is 39.2 Å². The molecular formula is C18H16N2O2S. The summed E-state index contributed by atoms with van der Waals surface area (Å²) in [5.74, 6) is -0.768. The highest BCUT2D eigenvalue weighted by molar-refractivity contribution is 7.19. The predicted molar refractivity (Wildman–Crippen MR) is 93.2 cm³/mol. The molecule has 0 unspecified atom stereocenters. The number of nitrogens with zero attached hydrogens (tertiary/aromatic N) is 2. The number of carbonyl (C=O) groups is 1. The van der Waals surface area contributed by atoms with Gasteiger partial charge >= 0.3 is 5.97 Å². The van der Waals surface area contributed by atoms with Crippen LogP contribution in [-0.4, -0.2) is 21.0 Å². The first-order valence-corrected chi connectivity index (χ1v) is 8.22. The fourth-order valence-corrected chi connectivity index (χ4v) is 3.35. The summed E-state index contributed by atoms with van der Waals surface area (Å²) in [6.45, 7) is 0. The summed E-state index contributed by atoms with van der Waals surface area (Å²) in [5, 5.41) is 9.80. The summed E-state index contributed by atoms with van der Waals surface area (Å²) in [5.41, 5.74) is 3.03. The Morgan fingerprint density at radius 1 is 1.17 bits per heavy atom. The topological polar surface area (TPSA) is 63.1 Å². The molecule has 0 spiro atoms. The van der Waals surface area contributed by atoms with E-state index >= 15 is 0 Å². The fraction of sp³-hybridized carbons (Fsp3) is 0.167. The number of benzene rings is 1. The number of allylic oxidation sites excluding steroid dienone is 1. The Hall–Kier alpha value is -2.53. The molecule has 1 N–H and O–H groups in total. The summed E-state index contributed by atoms with van der Waals surface area (Å²) >= 11 is 1.64. The van der Waals surface area contributed by atoms with E-state index in [1.807, 2.05) is 36.4 Å². The predicted octanol–water partition coefficient (Wildman–Crippen LogP) is 4.49. The second-order valence-electron chi connectivity index (χ2n) is 5.19. The van der Waals surface area contributed by atoms with Gasteiger partial charge in [0, 0.05) is 18.8 Å². The number of hydrogen-bond donors (Lipinski definition) is 1. The molecule has 0 amide bonds. The quantitative estimate of drug-likeness (QED) is 0.726. The van der Waals surface area contributed by atoms with Gasteiger partial charge in [-0.05, 0) is 48.3 Å². The normalized spacial score (nSPS) is 11.7. The minimum atomic E-state index is -0.768. The molecule has 2 aromatic heterocycles. The molecule has 5 heteroatoms. The number of carboxylic acids is 1. The third kappa shape index (κ3) is 4.02. The summed E-state index contributed by atoms with van der Waals surface area (Å²) in [7, 11) is 0. The number of carboxylic acid groups (broad SMARTS) is 1. The van der Waals surface area contributed by atoms with Gasteiger partial charge in [-0.15, -0.1) is 11.3 Å². The van der Waals surface area contributed by atoms with E-state index in [9.17, 15) is 4.79 Å². The molecule has 0 saturated heterocycles. The van der Waals surface area contributed by atoms with E-state index in [4.69, 9.17) is 5.11 Å². The number of rotatable bonds is 6. The van der Waals surface area contributed by atoms with E-state index in [2.05, 4.69) is 16.0 Å². The first-order chi connectivity index (χ1) is 11.2. The van der Waals surface area contributed by atoms with Gasteiger partial charge in [-0.1, -0.05) is 18.2 Å². The molecule has 0 atom stereocenters. The maximum atomic E-state index is 10.8. The van der Waals surface area contributed by atoms with Crippen molar-refractivity contribution in [3.05, 3.63) is 59.4 Å². The van der Waals surface area contributed by atoms with Crippen LogP contribution in [0.5, 0.6) is 0 Å². The third-order valence-corrected chi connectivity index (χ3v) is 4.54. The summed E-state index contributed by atoms with van der Waals surface area (Å²) in [6.07, 6.45) is 7.02. The van der Waals surface area contributed by atoms with Crippen LogP contribution in [0.3, 0.4) is 0 Å². The Labute approximate surface area is 138 Å². The lowest BCUT2D eigenvalue weighted by molar-refractivity contribution is -0.137. The van der Waals surface area contributed by atoms with E-state index in [0.29, 0.717) is 12.8 Å². The van der Waals surface area contributed by atoms with E-state index in [0.717, 1.165) is 26.4 Å². The number of pyridine rings is 1. The van der Waals surface area contributed by atoms with Crippen LogP contribution in [-0.2, 0) is 4.79 Å². The van der Waals surface area contributed by atoms with Gasteiger partial charge in [-0.3, -0.25) is 9.78 Å². The van der Waals surface area contributed by atoms with Gasteiger partial charge in [-0.25, -0.2) is 4.98 Å². The number of fused-ring (bicyclic) bond motifs is 1. The molecule has 2 heterocycles. The smallest absolute Gasteiger partial charge is 0.303 e. The maximum Gasteiger partial charge on any atom is 0.303 e. The van der Waals surface area contributed by atoms with Crippen molar-refractivity contribution < 1.29 is 9.90 Å². The zero-order chi connectivity index (χ0) is 16.1. The van der Waals surface area contributed by atoms with Crippen LogP contribution < -0.4 is 0 Å². The Morgan fingerprint density at radius 3 is 2.78 bits per heavy atom. The van der Waals surface area contributed by atoms with Crippen molar-refractivity contribution in [3.63, 3.8) is 0 Å². The third-order valence-electron chi connectivity index (χ3n) is 3.43. The Kier molecular flexibility index (Phi) is 4.78. The van der Waals surface area contributed by atoms with Gasteiger partial charge < -0.3 is 5.11 Å². The number of para-hydroxylation sites is 1. The SMILES string of the molecule is O=C(O)CCC/C(=C/c1cccnc1)c1nc2ccccc2s1. The highest BCUT2D eigenvalue weighted by atomic mass is 32.1. The molecule has 0 aliphatic carbocycles. The van der Waals surface area contributed by atoms with E-state index in [-0.39, 0.29) is 6.42 Å². The number of hydrogen-bond acceptors (Lipinski definition) is 4. The minimum absolute atomic E-state index is 0.162. The maximum absolute atomic E-state index is 10.8. The molecule has 0 bridgehead atoms. The van der Waals surface area contributed by atoms with Crippen LogP contribution in [0.25, 0.3) is 21.9 Å². The van der Waals surface area contributed by atoms with E-state index in [1.54, 1.807) is 23.7 Å². The van der Waals surface area contributed by atoms with Crippen molar-refractivity contribution in [3.8, 4) is 0 Å². The van der Waals surface area contributed by atoms with E-state index in [1.165, 1.54) is 0 Å². The fourth-order valence-electron chi connectivity index (χ4n) is 2.34. The number of aliphatic carboxylic acids is 1. The first kappa shape index (κ1) is 15.4. The Balaban J connectivity index is 1.93. The lowest BCUT2D eigenvalue weighted by Crippen LogP contribution is -1.94. The average molecular weight is 324 g/mol.